The lowest BCUT2D eigenvalue weighted by molar-refractivity contribution is -0.138. The molecule has 1 N–H and O–H groups in total. The number of morpholine rings is 1. The van der Waals surface area contributed by atoms with Crippen molar-refractivity contribution in [3.8, 4) is 5.75 Å². The van der Waals surface area contributed by atoms with E-state index in [9.17, 15) is 4.79 Å². The normalized spacial score (nSPS) is 19.4. The number of hydrogen-bond acceptors (Lipinski definition) is 4. The maximum Gasteiger partial charge on any atom is 0.250 e. The van der Waals surface area contributed by atoms with E-state index >= 15 is 0 Å². The van der Waals surface area contributed by atoms with Crippen molar-refractivity contribution in [3.05, 3.63) is 29.3 Å². The molecule has 2 rings (SSSR count). The highest BCUT2D eigenvalue weighted by atomic mass is 16.5. The minimum absolute atomic E-state index is 0.0705. The number of benzene rings is 1. The molecule has 1 amide bonds. The van der Waals surface area contributed by atoms with Crippen molar-refractivity contribution in [2.45, 2.75) is 45.9 Å². The summed E-state index contributed by atoms with van der Waals surface area (Å²) in [5.41, 5.74) is 1.83. The summed E-state index contributed by atoms with van der Waals surface area (Å²) in [4.78, 5) is 14.4. The SMILES string of the molecule is Cc1ccc(CNC(=O)[C@@H]2CN(C)CCO2)c(OC(C)(C)C)c1. The van der Waals surface area contributed by atoms with Crippen LogP contribution in [0.2, 0.25) is 0 Å². The van der Waals surface area contributed by atoms with E-state index in [4.69, 9.17) is 9.47 Å². The van der Waals surface area contributed by atoms with E-state index in [2.05, 4.69) is 10.2 Å². The highest BCUT2D eigenvalue weighted by molar-refractivity contribution is 5.81. The Labute approximate surface area is 139 Å². The van der Waals surface area contributed by atoms with Gasteiger partial charge in [0.15, 0.2) is 0 Å². The van der Waals surface area contributed by atoms with Gasteiger partial charge in [0.2, 0.25) is 0 Å². The number of hydrogen-bond donors (Lipinski definition) is 1. The number of nitrogens with one attached hydrogen (secondary N) is 1. The van der Waals surface area contributed by atoms with Crippen molar-refractivity contribution in [2.75, 3.05) is 26.7 Å². The van der Waals surface area contributed by atoms with Crippen molar-refractivity contribution in [1.82, 2.24) is 10.2 Å². The Bertz CT molecular complexity index is 552. The van der Waals surface area contributed by atoms with Crippen molar-refractivity contribution >= 4 is 5.91 Å². The molecule has 0 bridgehead atoms. The molecule has 0 aromatic heterocycles. The van der Waals surface area contributed by atoms with Crippen LogP contribution in [0.1, 0.15) is 31.9 Å². The third-order valence-corrected chi connectivity index (χ3v) is 3.65. The molecule has 23 heavy (non-hydrogen) atoms. The zero-order valence-electron chi connectivity index (χ0n) is 14.8. The maximum atomic E-state index is 12.3. The fraction of sp³-hybridized carbons (Fsp3) is 0.611. The van der Waals surface area contributed by atoms with Gasteiger partial charge in [-0.15, -0.1) is 0 Å². The molecule has 0 aliphatic carbocycles. The first-order valence-electron chi connectivity index (χ1n) is 8.11. The summed E-state index contributed by atoms with van der Waals surface area (Å²) in [6.45, 7) is 10.6. The zero-order valence-corrected chi connectivity index (χ0v) is 14.8. The summed E-state index contributed by atoms with van der Waals surface area (Å²) >= 11 is 0. The summed E-state index contributed by atoms with van der Waals surface area (Å²) in [7, 11) is 2.00. The lowest BCUT2D eigenvalue weighted by Gasteiger charge is -2.29. The average molecular weight is 320 g/mol. The lowest BCUT2D eigenvalue weighted by atomic mass is 10.1. The molecule has 0 radical (unpaired) electrons. The molecular weight excluding hydrogens is 292 g/mol. The zero-order chi connectivity index (χ0) is 17.0. The monoisotopic (exact) mass is 320 g/mol. The van der Waals surface area contributed by atoms with Crippen LogP contribution >= 0.6 is 0 Å². The van der Waals surface area contributed by atoms with Gasteiger partial charge in [0, 0.05) is 25.2 Å². The van der Waals surface area contributed by atoms with Gasteiger partial charge in [-0.25, -0.2) is 0 Å². The first-order valence-corrected chi connectivity index (χ1v) is 8.11. The third kappa shape index (κ3) is 5.52. The second-order valence-corrected chi connectivity index (χ2v) is 7.17. The van der Waals surface area contributed by atoms with E-state index in [1.54, 1.807) is 0 Å². The van der Waals surface area contributed by atoms with Crippen LogP contribution in [-0.4, -0.2) is 49.3 Å². The van der Waals surface area contributed by atoms with Crippen molar-refractivity contribution in [2.24, 2.45) is 0 Å². The van der Waals surface area contributed by atoms with Gasteiger partial charge in [-0.05, 0) is 46.4 Å². The summed E-state index contributed by atoms with van der Waals surface area (Å²) in [5.74, 6) is 0.748. The van der Waals surface area contributed by atoms with E-state index in [-0.39, 0.29) is 11.5 Å². The van der Waals surface area contributed by atoms with Crippen LogP contribution in [0, 0.1) is 6.92 Å². The van der Waals surface area contributed by atoms with Gasteiger partial charge in [-0.1, -0.05) is 12.1 Å². The molecule has 1 aliphatic heterocycles. The lowest BCUT2D eigenvalue weighted by Crippen LogP contribution is -2.48. The van der Waals surface area contributed by atoms with E-state index < -0.39 is 6.10 Å². The quantitative estimate of drug-likeness (QED) is 0.923. The molecule has 1 fully saturated rings. The largest absolute Gasteiger partial charge is 0.488 e. The third-order valence-electron chi connectivity index (χ3n) is 3.65. The Balaban J connectivity index is 2.00. The second kappa shape index (κ2) is 7.32. The molecule has 5 nitrogen and oxygen atoms in total. The van der Waals surface area contributed by atoms with Crippen LogP contribution < -0.4 is 10.1 Å². The highest BCUT2D eigenvalue weighted by Gasteiger charge is 2.25. The molecule has 128 valence electrons. The van der Waals surface area contributed by atoms with Gasteiger partial charge in [0.25, 0.3) is 5.91 Å². The van der Waals surface area contributed by atoms with Crippen molar-refractivity contribution < 1.29 is 14.3 Å². The topological polar surface area (TPSA) is 50.8 Å². The average Bonchev–Trinajstić information content (AvgIpc) is 2.44. The van der Waals surface area contributed by atoms with Gasteiger partial charge in [0.1, 0.15) is 17.5 Å². The number of carbonyl (C=O) groups is 1. The summed E-state index contributed by atoms with van der Waals surface area (Å²) in [6.07, 6.45) is -0.397. The van der Waals surface area contributed by atoms with Crippen LogP contribution in [0.5, 0.6) is 5.75 Å². The Morgan fingerprint density at radius 1 is 1.43 bits per heavy atom. The molecule has 1 saturated heterocycles. The van der Waals surface area contributed by atoms with E-state index in [0.29, 0.717) is 19.7 Å². The predicted octanol–water partition coefficient (Wildman–Crippen LogP) is 2.12. The van der Waals surface area contributed by atoms with Crippen molar-refractivity contribution in [1.29, 1.82) is 0 Å². The van der Waals surface area contributed by atoms with E-state index in [1.807, 2.05) is 52.9 Å². The summed E-state index contributed by atoms with van der Waals surface area (Å²) < 4.78 is 11.6. The first kappa shape index (κ1) is 17.8. The molecular formula is C18H28N2O3. The molecule has 1 aromatic carbocycles. The predicted molar refractivity (Wildman–Crippen MR) is 90.6 cm³/mol. The molecule has 1 aliphatic rings. The maximum absolute atomic E-state index is 12.3. The van der Waals surface area contributed by atoms with Crippen LogP contribution in [-0.2, 0) is 16.1 Å². The Kier molecular flexibility index (Phi) is 5.65. The van der Waals surface area contributed by atoms with Crippen LogP contribution in [0.4, 0.5) is 0 Å². The van der Waals surface area contributed by atoms with Gasteiger partial charge in [0.05, 0.1) is 6.61 Å². The second-order valence-electron chi connectivity index (χ2n) is 7.17. The highest BCUT2D eigenvalue weighted by Crippen LogP contribution is 2.24. The molecule has 5 heteroatoms. The van der Waals surface area contributed by atoms with Gasteiger partial charge in [-0.2, -0.15) is 0 Å². The van der Waals surface area contributed by atoms with Gasteiger partial charge < -0.3 is 19.7 Å². The molecule has 1 aromatic rings. The number of rotatable bonds is 4. The number of likely N-dealkylation sites (N-methyl/N-ethyl adjacent to an activating group) is 1. The molecule has 0 spiro atoms. The molecule has 1 atom stereocenters. The number of carbonyl (C=O) groups excluding carboxylic acids is 1. The number of amides is 1. The number of nitrogens with zero attached hydrogens (tertiary/aromatic N) is 1. The van der Waals surface area contributed by atoms with E-state index in [1.165, 1.54) is 0 Å². The van der Waals surface area contributed by atoms with E-state index in [0.717, 1.165) is 23.4 Å². The smallest absolute Gasteiger partial charge is 0.250 e. The molecule has 1 heterocycles. The molecule has 0 saturated carbocycles. The standard InChI is InChI=1S/C18H28N2O3/c1-13-6-7-14(15(10-13)23-18(2,3)4)11-19-17(21)16-12-20(5)8-9-22-16/h6-7,10,16H,8-9,11-12H2,1-5H3,(H,19,21)/t16-/m0/s1. The first-order chi connectivity index (χ1) is 10.7. The fourth-order valence-corrected chi connectivity index (χ4v) is 2.47. The Morgan fingerprint density at radius 3 is 2.83 bits per heavy atom. The Morgan fingerprint density at radius 2 is 2.17 bits per heavy atom. The van der Waals surface area contributed by atoms with Crippen LogP contribution in [0.15, 0.2) is 18.2 Å². The number of aryl methyl sites for hydroxylation is 1. The van der Waals surface area contributed by atoms with Gasteiger partial charge >= 0.3 is 0 Å². The summed E-state index contributed by atoms with van der Waals surface area (Å²) in [6, 6.07) is 6.05. The number of ether oxygens (including phenoxy) is 2. The van der Waals surface area contributed by atoms with Crippen molar-refractivity contribution in [3.63, 3.8) is 0 Å². The van der Waals surface area contributed by atoms with Crippen LogP contribution in [0.25, 0.3) is 0 Å². The fourth-order valence-electron chi connectivity index (χ4n) is 2.47. The minimum Gasteiger partial charge on any atom is -0.488 e. The summed E-state index contributed by atoms with van der Waals surface area (Å²) in [5, 5.41) is 2.96. The van der Waals surface area contributed by atoms with Crippen LogP contribution in [0.3, 0.4) is 0 Å². The van der Waals surface area contributed by atoms with Gasteiger partial charge in [-0.3, -0.25) is 4.79 Å². The minimum atomic E-state index is -0.397. The molecule has 0 unspecified atom stereocenters. The Hall–Kier alpha value is -1.59.